The van der Waals surface area contributed by atoms with Crippen LogP contribution in [0.1, 0.15) is 16.8 Å². The van der Waals surface area contributed by atoms with E-state index in [1.807, 2.05) is 4.90 Å². The molecule has 142 valence electrons. The van der Waals surface area contributed by atoms with Crippen molar-refractivity contribution in [1.82, 2.24) is 24.8 Å². The number of benzene rings is 1. The standard InChI is InChI=1S/C18H15FN6O3/c19-15-2-1-13(25(27)28)5-11(15)8-24-4-3-14-16(9-24)22-17(23-18(14)26)12-6-20-10-21-7-12/h1-2,5-7,10H,3-4,8-9H2,(H,22,23,26). The molecule has 0 atom stereocenters. The Morgan fingerprint density at radius 3 is 2.82 bits per heavy atom. The molecule has 0 spiro atoms. The highest BCUT2D eigenvalue weighted by Crippen LogP contribution is 2.22. The summed E-state index contributed by atoms with van der Waals surface area (Å²) in [5.74, 6) is -0.134. The summed E-state index contributed by atoms with van der Waals surface area (Å²) in [4.78, 5) is 39.8. The first-order valence-electron chi connectivity index (χ1n) is 8.54. The molecule has 9 nitrogen and oxygen atoms in total. The Hall–Kier alpha value is -3.53. The van der Waals surface area contributed by atoms with Crippen LogP contribution in [0.25, 0.3) is 11.4 Å². The molecular formula is C18H15FN6O3. The second-order valence-corrected chi connectivity index (χ2v) is 6.46. The molecule has 1 aliphatic rings. The van der Waals surface area contributed by atoms with Gasteiger partial charge in [-0.2, -0.15) is 0 Å². The summed E-state index contributed by atoms with van der Waals surface area (Å²) in [5.41, 5.74) is 1.64. The van der Waals surface area contributed by atoms with Gasteiger partial charge in [0, 0.05) is 55.3 Å². The zero-order valence-corrected chi connectivity index (χ0v) is 14.6. The zero-order chi connectivity index (χ0) is 19.7. The van der Waals surface area contributed by atoms with E-state index in [-0.39, 0.29) is 23.4 Å². The fourth-order valence-corrected chi connectivity index (χ4v) is 3.22. The third kappa shape index (κ3) is 3.49. The largest absolute Gasteiger partial charge is 0.306 e. The van der Waals surface area contributed by atoms with Gasteiger partial charge < -0.3 is 4.98 Å². The monoisotopic (exact) mass is 382 g/mol. The fourth-order valence-electron chi connectivity index (χ4n) is 3.22. The van der Waals surface area contributed by atoms with Gasteiger partial charge in [-0.05, 0) is 12.5 Å². The maximum Gasteiger partial charge on any atom is 0.269 e. The molecule has 1 N–H and O–H groups in total. The second kappa shape index (κ2) is 7.24. The van der Waals surface area contributed by atoms with E-state index in [0.717, 1.165) is 12.1 Å². The normalized spacial score (nSPS) is 13.9. The van der Waals surface area contributed by atoms with Crippen LogP contribution in [0.3, 0.4) is 0 Å². The molecule has 0 saturated heterocycles. The summed E-state index contributed by atoms with van der Waals surface area (Å²) < 4.78 is 14.1. The van der Waals surface area contributed by atoms with Crippen molar-refractivity contribution in [1.29, 1.82) is 0 Å². The number of hydrogen-bond donors (Lipinski definition) is 1. The molecular weight excluding hydrogens is 367 g/mol. The molecule has 0 radical (unpaired) electrons. The van der Waals surface area contributed by atoms with E-state index in [0.29, 0.717) is 42.2 Å². The third-order valence-corrected chi connectivity index (χ3v) is 4.62. The number of halogens is 1. The van der Waals surface area contributed by atoms with Gasteiger partial charge in [-0.1, -0.05) is 0 Å². The molecule has 4 rings (SSSR count). The number of nitro benzene ring substituents is 1. The first-order valence-corrected chi connectivity index (χ1v) is 8.54. The number of fused-ring (bicyclic) bond motifs is 1. The van der Waals surface area contributed by atoms with Crippen molar-refractivity contribution in [3.8, 4) is 11.4 Å². The number of nitro groups is 1. The number of nitrogens with zero attached hydrogens (tertiary/aromatic N) is 5. The van der Waals surface area contributed by atoms with E-state index < -0.39 is 10.7 Å². The van der Waals surface area contributed by atoms with Crippen molar-refractivity contribution in [3.05, 3.63) is 80.0 Å². The van der Waals surface area contributed by atoms with Crippen molar-refractivity contribution < 1.29 is 9.31 Å². The van der Waals surface area contributed by atoms with Crippen molar-refractivity contribution in [3.63, 3.8) is 0 Å². The van der Waals surface area contributed by atoms with Gasteiger partial charge in [-0.25, -0.2) is 19.3 Å². The number of nitrogens with one attached hydrogen (secondary N) is 1. The first kappa shape index (κ1) is 17.9. The summed E-state index contributed by atoms with van der Waals surface area (Å²) in [6, 6.07) is 3.48. The number of H-pyrrole nitrogens is 1. The highest BCUT2D eigenvalue weighted by molar-refractivity contribution is 5.52. The van der Waals surface area contributed by atoms with Crippen LogP contribution in [0.4, 0.5) is 10.1 Å². The lowest BCUT2D eigenvalue weighted by Crippen LogP contribution is -2.35. The highest BCUT2D eigenvalue weighted by Gasteiger charge is 2.23. The van der Waals surface area contributed by atoms with Crippen LogP contribution in [-0.4, -0.2) is 36.3 Å². The average molecular weight is 382 g/mol. The van der Waals surface area contributed by atoms with Crippen molar-refractivity contribution in [2.45, 2.75) is 19.5 Å². The average Bonchev–Trinajstić information content (AvgIpc) is 2.70. The van der Waals surface area contributed by atoms with Crippen LogP contribution in [0.2, 0.25) is 0 Å². The van der Waals surface area contributed by atoms with Crippen molar-refractivity contribution in [2.24, 2.45) is 0 Å². The summed E-state index contributed by atoms with van der Waals surface area (Å²) in [6.07, 6.45) is 4.95. The minimum atomic E-state index is -0.552. The Labute approximate surface area is 158 Å². The minimum Gasteiger partial charge on any atom is -0.306 e. The number of rotatable bonds is 4. The molecule has 1 aliphatic heterocycles. The molecule has 0 bridgehead atoms. The molecule has 0 unspecified atom stereocenters. The molecule has 0 fully saturated rings. The molecule has 10 heteroatoms. The lowest BCUT2D eigenvalue weighted by molar-refractivity contribution is -0.385. The van der Waals surface area contributed by atoms with Crippen LogP contribution in [0, 0.1) is 15.9 Å². The maximum absolute atomic E-state index is 14.1. The van der Waals surface area contributed by atoms with Crippen LogP contribution in [-0.2, 0) is 19.5 Å². The maximum atomic E-state index is 14.1. The SMILES string of the molecule is O=c1[nH]c(-c2cncnc2)nc2c1CCN(Cc1cc([N+](=O)[O-])ccc1F)C2. The van der Waals surface area contributed by atoms with Gasteiger partial charge in [0.1, 0.15) is 18.0 Å². The van der Waals surface area contributed by atoms with E-state index in [2.05, 4.69) is 19.9 Å². The van der Waals surface area contributed by atoms with Crippen molar-refractivity contribution in [2.75, 3.05) is 6.54 Å². The van der Waals surface area contributed by atoms with Crippen LogP contribution < -0.4 is 5.56 Å². The molecule has 0 amide bonds. The Kier molecular flexibility index (Phi) is 4.62. The summed E-state index contributed by atoms with van der Waals surface area (Å²) in [6.45, 7) is 1.04. The van der Waals surface area contributed by atoms with Crippen LogP contribution >= 0.6 is 0 Å². The first-order chi connectivity index (χ1) is 13.5. The lowest BCUT2D eigenvalue weighted by atomic mass is 10.0. The van der Waals surface area contributed by atoms with E-state index in [1.54, 1.807) is 12.4 Å². The van der Waals surface area contributed by atoms with Crippen LogP contribution in [0.5, 0.6) is 0 Å². The zero-order valence-electron chi connectivity index (χ0n) is 14.6. The highest BCUT2D eigenvalue weighted by atomic mass is 19.1. The molecule has 3 heterocycles. The predicted octanol–water partition coefficient (Wildman–Crippen LogP) is 1.83. The summed E-state index contributed by atoms with van der Waals surface area (Å²) in [7, 11) is 0. The molecule has 0 saturated carbocycles. The topological polar surface area (TPSA) is 118 Å². The van der Waals surface area contributed by atoms with Gasteiger partial charge in [0.05, 0.1) is 16.2 Å². The number of aromatic nitrogens is 4. The van der Waals surface area contributed by atoms with Gasteiger partial charge in [-0.15, -0.1) is 0 Å². The van der Waals surface area contributed by atoms with E-state index in [4.69, 9.17) is 0 Å². The lowest BCUT2D eigenvalue weighted by Gasteiger charge is -2.27. The number of hydrogen-bond acceptors (Lipinski definition) is 7. The Morgan fingerprint density at radius 2 is 2.07 bits per heavy atom. The third-order valence-electron chi connectivity index (χ3n) is 4.62. The van der Waals surface area contributed by atoms with Gasteiger partial charge in [0.15, 0.2) is 0 Å². The molecule has 1 aromatic carbocycles. The quantitative estimate of drug-likeness (QED) is 0.540. The molecule has 3 aromatic rings. The molecule has 0 aliphatic carbocycles. The van der Waals surface area contributed by atoms with E-state index >= 15 is 0 Å². The number of aromatic amines is 1. The van der Waals surface area contributed by atoms with Gasteiger partial charge in [0.25, 0.3) is 11.2 Å². The van der Waals surface area contributed by atoms with Crippen molar-refractivity contribution >= 4 is 5.69 Å². The Morgan fingerprint density at radius 1 is 1.29 bits per heavy atom. The Balaban J connectivity index is 1.61. The van der Waals surface area contributed by atoms with Gasteiger partial charge >= 0.3 is 0 Å². The van der Waals surface area contributed by atoms with Gasteiger partial charge in [-0.3, -0.25) is 19.8 Å². The van der Waals surface area contributed by atoms with E-state index in [9.17, 15) is 19.3 Å². The smallest absolute Gasteiger partial charge is 0.269 e. The number of non-ortho nitro benzene ring substituents is 1. The molecule has 2 aromatic heterocycles. The fraction of sp³-hybridized carbons (Fsp3) is 0.222. The minimum absolute atomic E-state index is 0.158. The Bertz CT molecular complexity index is 1100. The summed E-state index contributed by atoms with van der Waals surface area (Å²) in [5, 5.41) is 10.9. The van der Waals surface area contributed by atoms with E-state index in [1.165, 1.54) is 12.4 Å². The predicted molar refractivity (Wildman–Crippen MR) is 96.8 cm³/mol. The summed E-state index contributed by atoms with van der Waals surface area (Å²) >= 11 is 0. The van der Waals surface area contributed by atoms with Gasteiger partial charge in [0.2, 0.25) is 0 Å². The molecule has 28 heavy (non-hydrogen) atoms. The second-order valence-electron chi connectivity index (χ2n) is 6.46. The van der Waals surface area contributed by atoms with Crippen LogP contribution in [0.15, 0.2) is 41.7 Å².